The summed E-state index contributed by atoms with van der Waals surface area (Å²) in [6.45, 7) is 4.08. The van der Waals surface area contributed by atoms with Crippen molar-refractivity contribution in [3.05, 3.63) is 0 Å². The van der Waals surface area contributed by atoms with Gasteiger partial charge in [0.1, 0.15) is 0 Å². The highest BCUT2D eigenvalue weighted by atomic mass is 35.5. The lowest BCUT2D eigenvalue weighted by Gasteiger charge is -2.40. The number of carbonyl (C=O) groups is 1. The molecule has 86 valence electrons. The van der Waals surface area contributed by atoms with E-state index in [9.17, 15) is 4.79 Å². The van der Waals surface area contributed by atoms with Gasteiger partial charge in [0.2, 0.25) is 0 Å². The highest BCUT2D eigenvalue weighted by molar-refractivity contribution is 6.62. The summed E-state index contributed by atoms with van der Waals surface area (Å²) in [5.41, 5.74) is 0. The minimum Gasteiger partial charge on any atom is -0.328 e. The SMILES string of the molecule is O=C(Cl)N1CCCC(N2CCCCC2)C1. The Hall–Kier alpha value is -0.280. The second kappa shape index (κ2) is 5.17. The fourth-order valence-electron chi connectivity index (χ4n) is 2.70. The molecule has 0 saturated carbocycles. The third-order valence-corrected chi connectivity index (χ3v) is 3.79. The van der Waals surface area contributed by atoms with Crippen LogP contribution in [0.15, 0.2) is 0 Å². The highest BCUT2D eigenvalue weighted by Gasteiger charge is 2.27. The molecule has 0 N–H and O–H groups in total. The molecule has 0 aromatic rings. The number of hydrogen-bond acceptors (Lipinski definition) is 2. The summed E-state index contributed by atoms with van der Waals surface area (Å²) in [6, 6.07) is 0.557. The number of rotatable bonds is 1. The van der Waals surface area contributed by atoms with Crippen LogP contribution in [0.3, 0.4) is 0 Å². The lowest BCUT2D eigenvalue weighted by Crippen LogP contribution is -2.50. The molecule has 1 unspecified atom stereocenters. The molecule has 2 fully saturated rings. The van der Waals surface area contributed by atoms with Crippen molar-refractivity contribution in [1.82, 2.24) is 9.80 Å². The smallest absolute Gasteiger partial charge is 0.316 e. The molecular formula is C11H19ClN2O. The Morgan fingerprint density at radius 3 is 2.47 bits per heavy atom. The van der Waals surface area contributed by atoms with Gasteiger partial charge < -0.3 is 4.90 Å². The molecule has 0 aromatic heterocycles. The van der Waals surface area contributed by atoms with Gasteiger partial charge in [-0.3, -0.25) is 9.69 Å². The van der Waals surface area contributed by atoms with Crippen molar-refractivity contribution in [3.8, 4) is 0 Å². The summed E-state index contributed by atoms with van der Waals surface area (Å²) in [4.78, 5) is 15.4. The van der Waals surface area contributed by atoms with Crippen LogP contribution in [0.1, 0.15) is 32.1 Å². The first kappa shape index (κ1) is 11.2. The van der Waals surface area contributed by atoms with E-state index < -0.39 is 0 Å². The van der Waals surface area contributed by atoms with Gasteiger partial charge in [-0.1, -0.05) is 6.42 Å². The molecule has 15 heavy (non-hydrogen) atoms. The van der Waals surface area contributed by atoms with E-state index in [2.05, 4.69) is 4.90 Å². The zero-order valence-electron chi connectivity index (χ0n) is 9.12. The van der Waals surface area contributed by atoms with Crippen LogP contribution in [-0.2, 0) is 0 Å². The Balaban J connectivity index is 1.88. The molecule has 2 heterocycles. The van der Waals surface area contributed by atoms with E-state index in [0.717, 1.165) is 19.5 Å². The average Bonchev–Trinajstić information content (AvgIpc) is 2.30. The van der Waals surface area contributed by atoms with E-state index in [0.29, 0.717) is 6.04 Å². The Kier molecular flexibility index (Phi) is 3.87. The van der Waals surface area contributed by atoms with Crippen molar-refractivity contribution in [3.63, 3.8) is 0 Å². The second-order valence-corrected chi connectivity index (χ2v) is 4.91. The van der Waals surface area contributed by atoms with Crippen LogP contribution in [0.5, 0.6) is 0 Å². The molecule has 4 heteroatoms. The summed E-state index contributed by atoms with van der Waals surface area (Å²) >= 11 is 5.53. The van der Waals surface area contributed by atoms with Crippen molar-refractivity contribution in [2.24, 2.45) is 0 Å². The van der Waals surface area contributed by atoms with Crippen molar-refractivity contribution >= 4 is 17.0 Å². The summed E-state index contributed by atoms with van der Waals surface area (Å²) in [6.07, 6.45) is 6.30. The van der Waals surface area contributed by atoms with Gasteiger partial charge in [-0.15, -0.1) is 0 Å². The number of piperidine rings is 2. The van der Waals surface area contributed by atoms with Crippen LogP contribution in [0.4, 0.5) is 4.79 Å². The van der Waals surface area contributed by atoms with Gasteiger partial charge in [-0.25, -0.2) is 0 Å². The number of nitrogens with zero attached hydrogens (tertiary/aromatic N) is 2. The lowest BCUT2D eigenvalue weighted by atomic mass is 10.0. The van der Waals surface area contributed by atoms with Crippen LogP contribution in [-0.4, -0.2) is 47.4 Å². The molecule has 0 aromatic carbocycles. The predicted octanol–water partition coefficient (Wildman–Crippen LogP) is 2.30. The maximum Gasteiger partial charge on any atom is 0.316 e. The molecule has 0 spiro atoms. The Morgan fingerprint density at radius 1 is 1.07 bits per heavy atom. The maximum absolute atomic E-state index is 11.1. The maximum atomic E-state index is 11.1. The normalized spacial score (nSPS) is 29.1. The first-order chi connectivity index (χ1) is 7.27. The predicted molar refractivity (Wildman–Crippen MR) is 61.3 cm³/mol. The average molecular weight is 231 g/mol. The number of amides is 1. The van der Waals surface area contributed by atoms with Crippen LogP contribution < -0.4 is 0 Å². The summed E-state index contributed by atoms with van der Waals surface area (Å²) in [5, 5.41) is -0.281. The van der Waals surface area contributed by atoms with E-state index in [-0.39, 0.29) is 5.37 Å². The van der Waals surface area contributed by atoms with Gasteiger partial charge in [-0.2, -0.15) is 0 Å². The fraction of sp³-hybridized carbons (Fsp3) is 0.909. The molecule has 2 rings (SSSR count). The first-order valence-electron chi connectivity index (χ1n) is 5.96. The number of likely N-dealkylation sites (tertiary alicyclic amines) is 2. The van der Waals surface area contributed by atoms with Gasteiger partial charge in [0.05, 0.1) is 0 Å². The quantitative estimate of drug-likeness (QED) is 0.510. The third-order valence-electron chi connectivity index (χ3n) is 3.55. The van der Waals surface area contributed by atoms with E-state index in [1.54, 1.807) is 4.90 Å². The van der Waals surface area contributed by atoms with Crippen molar-refractivity contribution in [2.75, 3.05) is 26.2 Å². The first-order valence-corrected chi connectivity index (χ1v) is 6.33. The highest BCUT2D eigenvalue weighted by Crippen LogP contribution is 2.20. The fourth-order valence-corrected chi connectivity index (χ4v) is 2.85. The summed E-state index contributed by atoms with van der Waals surface area (Å²) in [5.74, 6) is 0. The molecule has 3 nitrogen and oxygen atoms in total. The molecule has 1 atom stereocenters. The van der Waals surface area contributed by atoms with Crippen LogP contribution in [0, 0.1) is 0 Å². The van der Waals surface area contributed by atoms with E-state index >= 15 is 0 Å². The Morgan fingerprint density at radius 2 is 1.80 bits per heavy atom. The van der Waals surface area contributed by atoms with Crippen molar-refractivity contribution in [1.29, 1.82) is 0 Å². The number of hydrogen-bond donors (Lipinski definition) is 0. The third kappa shape index (κ3) is 2.85. The minimum atomic E-state index is -0.281. The monoisotopic (exact) mass is 230 g/mol. The van der Waals surface area contributed by atoms with Crippen LogP contribution in [0.25, 0.3) is 0 Å². The zero-order chi connectivity index (χ0) is 10.7. The minimum absolute atomic E-state index is 0.281. The lowest BCUT2D eigenvalue weighted by molar-refractivity contribution is 0.100. The largest absolute Gasteiger partial charge is 0.328 e. The van der Waals surface area contributed by atoms with E-state index in [1.165, 1.54) is 38.8 Å². The molecular weight excluding hydrogens is 212 g/mol. The van der Waals surface area contributed by atoms with Gasteiger partial charge in [-0.05, 0) is 50.4 Å². The topological polar surface area (TPSA) is 23.6 Å². The zero-order valence-corrected chi connectivity index (χ0v) is 9.88. The van der Waals surface area contributed by atoms with Crippen molar-refractivity contribution in [2.45, 2.75) is 38.1 Å². The molecule has 2 aliphatic rings. The number of halogens is 1. The standard InChI is InChI=1S/C11H19ClN2O/c12-11(15)14-8-4-5-10(9-14)13-6-2-1-3-7-13/h10H,1-9H2. The molecule has 1 amide bonds. The molecule has 0 bridgehead atoms. The van der Waals surface area contributed by atoms with Gasteiger partial charge in [0.25, 0.3) is 0 Å². The Labute approximate surface area is 96.4 Å². The second-order valence-electron chi connectivity index (χ2n) is 4.59. The molecule has 0 aliphatic carbocycles. The van der Waals surface area contributed by atoms with Crippen molar-refractivity contribution < 1.29 is 4.79 Å². The summed E-state index contributed by atoms with van der Waals surface area (Å²) < 4.78 is 0. The van der Waals surface area contributed by atoms with Gasteiger partial charge in [0, 0.05) is 19.1 Å². The molecule has 0 radical (unpaired) electrons. The summed E-state index contributed by atoms with van der Waals surface area (Å²) in [7, 11) is 0. The van der Waals surface area contributed by atoms with Crippen LogP contribution >= 0.6 is 11.6 Å². The van der Waals surface area contributed by atoms with Gasteiger partial charge in [0.15, 0.2) is 0 Å². The molecule has 2 aliphatic heterocycles. The Bertz CT molecular complexity index is 229. The van der Waals surface area contributed by atoms with E-state index in [1.807, 2.05) is 0 Å². The number of carbonyl (C=O) groups excluding carboxylic acids is 1. The van der Waals surface area contributed by atoms with E-state index in [4.69, 9.17) is 11.6 Å². The van der Waals surface area contributed by atoms with Gasteiger partial charge >= 0.3 is 5.37 Å². The molecule has 2 saturated heterocycles. The van der Waals surface area contributed by atoms with Crippen LogP contribution in [0.2, 0.25) is 0 Å².